The molecule has 0 saturated carbocycles. The van der Waals surface area contributed by atoms with E-state index in [1.54, 1.807) is 27.7 Å². The van der Waals surface area contributed by atoms with E-state index in [0.29, 0.717) is 71.6 Å². The Morgan fingerprint density at radius 3 is 1.32 bits per heavy atom. The summed E-state index contributed by atoms with van der Waals surface area (Å²) < 4.78 is 24.9. The Morgan fingerprint density at radius 2 is 1.00 bits per heavy atom. The molecule has 0 aromatic heterocycles. The average Bonchev–Trinajstić information content (AvgIpc) is 3.26. The fourth-order valence-corrected chi connectivity index (χ4v) is 3.74. The molecule has 0 heterocycles. The number of carbonyl (C=O) groups is 8. The van der Waals surface area contributed by atoms with Crippen molar-refractivity contribution in [2.75, 3.05) is 84.6 Å². The number of hydrogen-bond donors (Lipinski definition) is 0. The number of esters is 1. The van der Waals surface area contributed by atoms with Crippen LogP contribution in [0.1, 0.15) is 188 Å². The quantitative estimate of drug-likeness (QED) is 0.0360. The lowest BCUT2D eigenvalue weighted by atomic mass is 9.92. The maximum absolute atomic E-state index is 11.4. The predicted octanol–water partition coefficient (Wildman–Crippen LogP) is 10.2. The number of nitroso groups, excluding NO2 is 1. The normalized spacial score (nSPS) is 9.71. The third-order valence-corrected chi connectivity index (χ3v) is 8.15. The van der Waals surface area contributed by atoms with E-state index < -0.39 is 0 Å². The van der Waals surface area contributed by atoms with Crippen LogP contribution in [0.3, 0.4) is 0 Å². The zero-order valence-corrected chi connectivity index (χ0v) is 45.9. The molecule has 66 heavy (non-hydrogen) atoms. The monoisotopic (exact) mass is 971 g/mol. The molecule has 0 radical (unpaired) electrons. The lowest BCUT2D eigenvalue weighted by Crippen LogP contribution is -2.16. The number of unbranched alkanes of at least 4 members (excludes halogenated alkanes) is 2. The zero-order chi connectivity index (χ0) is 53.0. The van der Waals surface area contributed by atoms with Crippen molar-refractivity contribution in [3.8, 4) is 0 Å². The van der Waals surface area contributed by atoms with Crippen LogP contribution in [0.4, 0.5) is 0 Å². The molecule has 0 aliphatic carbocycles. The van der Waals surface area contributed by atoms with E-state index in [2.05, 4.69) is 31.8 Å². The van der Waals surface area contributed by atoms with Gasteiger partial charge in [0.2, 0.25) is 0 Å². The molecule has 15 nitrogen and oxygen atoms in total. The van der Waals surface area contributed by atoms with Gasteiger partial charge in [-0.2, -0.15) is 11.8 Å². The van der Waals surface area contributed by atoms with Gasteiger partial charge in [0.1, 0.15) is 43.0 Å². The maximum atomic E-state index is 11.4. The van der Waals surface area contributed by atoms with Crippen LogP contribution in [0.15, 0.2) is 0 Å². The standard InChI is InChI=1S/C13H24NO3.C8H14O3.C7H14O2.C6H12O2.C5H10O2.C4H8O2.C4H10.C3H8S/c1-4-13(16)10-12(11(3)15)8-6-7-9-14(17)5-2;1-3-4-8(10)6-11-5-7(2)9;1-3-9-6-4-5-7(2)8;1-3-8-5-4-6(2)7;1-3-7-4-5(2)6;1-3-6-4(2)5;2*1-3-4-2/h12H,4-10H2,1-3H3;3-6H2,1-2H3;3-6H2,1-2H3;3-5H2,1-2H3;3-4H2,1-2H3;3H2,1-2H3;3-4H2,1-2H3;3H2,1-2H3/q+1;;;;;;;. The van der Waals surface area contributed by atoms with Gasteiger partial charge in [-0.1, -0.05) is 47.5 Å². The van der Waals surface area contributed by atoms with E-state index in [9.17, 15) is 43.3 Å². The number of thioether (sulfide) groups is 1. The predicted molar refractivity (Wildman–Crippen MR) is 271 cm³/mol. The largest absolute Gasteiger partial charge is 0.466 e. The summed E-state index contributed by atoms with van der Waals surface area (Å²) in [5, 5.41) is 0. The Morgan fingerprint density at radius 1 is 0.515 bits per heavy atom. The van der Waals surface area contributed by atoms with E-state index in [1.807, 2.05) is 53.3 Å². The summed E-state index contributed by atoms with van der Waals surface area (Å²) in [7, 11) is 0. The van der Waals surface area contributed by atoms with Crippen molar-refractivity contribution in [3.63, 3.8) is 0 Å². The summed E-state index contributed by atoms with van der Waals surface area (Å²) in [6, 6.07) is 0. The van der Waals surface area contributed by atoms with E-state index in [1.165, 1.54) is 39.4 Å². The second-order valence-corrected chi connectivity index (χ2v) is 15.6. The number of nitrogens with zero attached hydrogens (tertiary/aromatic N) is 1. The third-order valence-electron chi connectivity index (χ3n) is 7.57. The zero-order valence-electron chi connectivity index (χ0n) is 45.1. The molecule has 1 atom stereocenters. The summed E-state index contributed by atoms with van der Waals surface area (Å²) in [4.78, 5) is 95.3. The van der Waals surface area contributed by atoms with Crippen molar-refractivity contribution >= 4 is 58.2 Å². The van der Waals surface area contributed by atoms with Crippen LogP contribution < -0.4 is 0 Å². The lowest BCUT2D eigenvalue weighted by Gasteiger charge is -2.11. The van der Waals surface area contributed by atoms with Crippen LogP contribution in [-0.2, 0) is 62.0 Å². The molecule has 0 spiro atoms. The van der Waals surface area contributed by atoms with Crippen LogP contribution in [0.25, 0.3) is 0 Å². The minimum Gasteiger partial charge on any atom is -0.466 e. The molecule has 0 aromatic carbocycles. The molecule has 394 valence electrons. The maximum Gasteiger partial charge on any atom is 0.302 e. The van der Waals surface area contributed by atoms with Gasteiger partial charge in [0.05, 0.1) is 13.2 Å². The number of rotatable bonds is 31. The van der Waals surface area contributed by atoms with Gasteiger partial charge in [0, 0.05) is 82.7 Å². The molecule has 16 heteroatoms. The van der Waals surface area contributed by atoms with Gasteiger partial charge in [-0.05, 0) is 112 Å². The number of ketones is 7. The molecule has 1 unspecified atom stereocenters. The second kappa shape index (κ2) is 71.0. The van der Waals surface area contributed by atoms with Gasteiger partial charge in [0.15, 0.2) is 30.4 Å². The van der Waals surface area contributed by atoms with Crippen LogP contribution in [0.2, 0.25) is 0 Å². The van der Waals surface area contributed by atoms with Gasteiger partial charge < -0.3 is 28.5 Å². The van der Waals surface area contributed by atoms with Crippen LogP contribution in [0.5, 0.6) is 0 Å². The first-order chi connectivity index (χ1) is 31.1. The molecule has 0 rings (SSSR count). The molecular formula is C50H100NO14S+. The SMILES string of the molecule is CCC(=O)CC(CCCC[N+](=O)CC)C(C)=O.CCCC.CCCC(=O)COCC(C)=O.CCOC(C)=O.CCOCC(C)=O.CCOCCC(C)=O.CCOCCCC(C)=O.CCSC. The van der Waals surface area contributed by atoms with Crippen molar-refractivity contribution in [2.45, 2.75) is 188 Å². The minimum absolute atomic E-state index is 0.0469. The number of Topliss-reactive ketones (excluding diaryl/α,β-unsaturated/α-hetero) is 7. The van der Waals surface area contributed by atoms with Crippen molar-refractivity contribution in [1.29, 1.82) is 0 Å². The fraction of sp³-hybridized carbons (Fsp3) is 0.840. The summed E-state index contributed by atoms with van der Waals surface area (Å²) >= 11 is 1.86. The molecule has 0 saturated heterocycles. The number of carbonyl (C=O) groups excluding carboxylic acids is 8. The first-order valence-corrected chi connectivity index (χ1v) is 25.3. The highest BCUT2D eigenvalue weighted by atomic mass is 32.2. The molecule has 0 aliphatic heterocycles. The van der Waals surface area contributed by atoms with E-state index in [-0.39, 0.29) is 72.2 Å². The van der Waals surface area contributed by atoms with Crippen molar-refractivity contribution in [2.24, 2.45) is 5.92 Å². The number of hydrogen-bond acceptors (Lipinski definition) is 15. The van der Waals surface area contributed by atoms with E-state index in [4.69, 9.17) is 18.9 Å². The highest BCUT2D eigenvalue weighted by molar-refractivity contribution is 7.98. The Bertz CT molecular complexity index is 1140. The Hall–Kier alpha value is -3.05. The summed E-state index contributed by atoms with van der Waals surface area (Å²) in [5.41, 5.74) is 0. The molecular weight excluding hydrogens is 871 g/mol. The second-order valence-electron chi connectivity index (χ2n) is 14.4. The van der Waals surface area contributed by atoms with E-state index >= 15 is 0 Å². The Labute approximate surface area is 407 Å². The van der Waals surface area contributed by atoms with Gasteiger partial charge in [-0.3, -0.25) is 33.6 Å². The van der Waals surface area contributed by atoms with Crippen LogP contribution >= 0.6 is 11.8 Å². The topological polar surface area (TPSA) is 203 Å². The van der Waals surface area contributed by atoms with Gasteiger partial charge in [0.25, 0.3) is 0 Å². The molecule has 0 bridgehead atoms. The van der Waals surface area contributed by atoms with Gasteiger partial charge >= 0.3 is 5.97 Å². The van der Waals surface area contributed by atoms with Gasteiger partial charge in [-0.25, -0.2) is 0 Å². The van der Waals surface area contributed by atoms with Crippen LogP contribution in [-0.4, -0.2) is 136 Å². The minimum atomic E-state index is -0.211. The van der Waals surface area contributed by atoms with E-state index in [0.717, 1.165) is 50.1 Å². The lowest BCUT2D eigenvalue weighted by molar-refractivity contribution is -0.545. The molecule has 0 N–H and O–H groups in total. The van der Waals surface area contributed by atoms with Crippen LogP contribution in [0, 0.1) is 10.8 Å². The molecule has 0 aromatic rings. The highest BCUT2D eigenvalue weighted by Crippen LogP contribution is 2.15. The first kappa shape index (κ1) is 80.0. The number of ether oxygens (including phenoxy) is 5. The Kier molecular flexibility index (Phi) is 86.0. The summed E-state index contributed by atoms with van der Waals surface area (Å²) in [6.45, 7) is 33.9. The van der Waals surface area contributed by atoms with Gasteiger partial charge in [-0.15, -0.1) is 0 Å². The average molecular weight is 971 g/mol. The first-order valence-electron chi connectivity index (χ1n) is 24.0. The highest BCUT2D eigenvalue weighted by Gasteiger charge is 2.17. The third kappa shape index (κ3) is 108. The summed E-state index contributed by atoms with van der Waals surface area (Å²) in [6.07, 6.45) is 11.4. The van der Waals surface area contributed by atoms with Crippen molar-refractivity contribution in [3.05, 3.63) is 4.91 Å². The molecule has 0 aliphatic rings. The van der Waals surface area contributed by atoms with Crippen molar-refractivity contribution < 1.29 is 66.8 Å². The summed E-state index contributed by atoms with van der Waals surface area (Å²) in [5.74, 6) is 1.64. The fourth-order valence-electron chi connectivity index (χ4n) is 3.74. The molecule has 0 fully saturated rings. The molecule has 0 amide bonds. The van der Waals surface area contributed by atoms with Crippen molar-refractivity contribution in [1.82, 2.24) is 0 Å². The Balaban J connectivity index is -0.000000102. The smallest absolute Gasteiger partial charge is 0.302 e.